The molecule has 0 radical (unpaired) electrons. The van der Waals surface area contributed by atoms with Gasteiger partial charge in [-0.2, -0.15) is 8.78 Å². The van der Waals surface area contributed by atoms with Crippen molar-refractivity contribution in [1.82, 2.24) is 4.90 Å². The topological polar surface area (TPSA) is 20.3 Å². The van der Waals surface area contributed by atoms with Gasteiger partial charge in [0.25, 0.3) is 5.91 Å². The second-order valence-electron chi connectivity index (χ2n) is 2.89. The quantitative estimate of drug-likeness (QED) is 0.645. The summed E-state index contributed by atoms with van der Waals surface area (Å²) in [6.45, 7) is 3.72. The van der Waals surface area contributed by atoms with Gasteiger partial charge >= 0.3 is 6.43 Å². The van der Waals surface area contributed by atoms with Crippen molar-refractivity contribution in [2.45, 2.75) is 39.2 Å². The molecule has 0 aromatic carbocycles. The fraction of sp³-hybridized carbons (Fsp3) is 0.875. The van der Waals surface area contributed by atoms with Crippen molar-refractivity contribution in [2.24, 2.45) is 0 Å². The third-order valence-electron chi connectivity index (χ3n) is 1.90. The molecular formula is C8H15F2NO. The number of halogens is 2. The van der Waals surface area contributed by atoms with Gasteiger partial charge in [-0.05, 0) is 13.3 Å². The number of hydrogen-bond donors (Lipinski definition) is 0. The molecule has 0 rings (SSSR count). The molecule has 72 valence electrons. The van der Waals surface area contributed by atoms with Crippen LogP contribution in [0.4, 0.5) is 8.78 Å². The van der Waals surface area contributed by atoms with Crippen LogP contribution in [0.15, 0.2) is 0 Å². The minimum absolute atomic E-state index is 0.100. The molecule has 0 saturated carbocycles. The molecule has 1 atom stereocenters. The zero-order valence-corrected chi connectivity index (χ0v) is 7.68. The van der Waals surface area contributed by atoms with Gasteiger partial charge in [0, 0.05) is 13.1 Å². The van der Waals surface area contributed by atoms with Crippen LogP contribution in [0.3, 0.4) is 0 Å². The van der Waals surface area contributed by atoms with Gasteiger partial charge in [0.05, 0.1) is 0 Å². The Balaban J connectivity index is 4.00. The van der Waals surface area contributed by atoms with E-state index in [1.54, 1.807) is 6.92 Å². The Morgan fingerprint density at radius 3 is 2.33 bits per heavy atom. The highest BCUT2D eigenvalue weighted by atomic mass is 19.3. The van der Waals surface area contributed by atoms with E-state index in [0.717, 1.165) is 17.7 Å². The first-order chi connectivity index (χ1) is 5.50. The Labute approximate surface area is 71.5 Å². The first-order valence-corrected chi connectivity index (χ1v) is 4.05. The van der Waals surface area contributed by atoms with Crippen LogP contribution in [0.25, 0.3) is 0 Å². The highest BCUT2D eigenvalue weighted by Gasteiger charge is 2.23. The summed E-state index contributed by atoms with van der Waals surface area (Å²) >= 11 is 0. The lowest BCUT2D eigenvalue weighted by Crippen LogP contribution is -2.38. The minimum atomic E-state index is -2.88. The Hall–Kier alpha value is -0.670. The summed E-state index contributed by atoms with van der Waals surface area (Å²) in [6.07, 6.45) is -1.23. The van der Waals surface area contributed by atoms with E-state index in [-0.39, 0.29) is 6.04 Å². The molecule has 0 fully saturated rings. The van der Waals surface area contributed by atoms with Crippen molar-refractivity contribution in [3.05, 3.63) is 0 Å². The fourth-order valence-electron chi connectivity index (χ4n) is 0.983. The van der Waals surface area contributed by atoms with E-state index in [1.165, 1.54) is 7.05 Å². The van der Waals surface area contributed by atoms with Crippen LogP contribution in [-0.4, -0.2) is 30.3 Å². The molecule has 0 N–H and O–H groups in total. The monoisotopic (exact) mass is 179 g/mol. The van der Waals surface area contributed by atoms with Gasteiger partial charge in [0.1, 0.15) is 0 Å². The number of nitrogens with zero attached hydrogens (tertiary/aromatic N) is 1. The van der Waals surface area contributed by atoms with Gasteiger partial charge in [0.2, 0.25) is 0 Å². The van der Waals surface area contributed by atoms with E-state index in [1.807, 2.05) is 6.92 Å². The number of alkyl halides is 2. The smallest absolute Gasteiger partial charge is 0.315 e. The Bertz CT molecular complexity index is 150. The van der Waals surface area contributed by atoms with E-state index in [4.69, 9.17) is 0 Å². The maximum Gasteiger partial charge on any atom is 0.315 e. The van der Waals surface area contributed by atoms with Gasteiger partial charge in [-0.25, -0.2) is 0 Å². The molecule has 0 aromatic heterocycles. The zero-order chi connectivity index (χ0) is 9.72. The van der Waals surface area contributed by atoms with Crippen LogP contribution >= 0.6 is 0 Å². The zero-order valence-electron chi connectivity index (χ0n) is 7.68. The molecular weight excluding hydrogens is 164 g/mol. The lowest BCUT2D eigenvalue weighted by molar-refractivity contribution is -0.143. The van der Waals surface area contributed by atoms with Crippen LogP contribution in [0.5, 0.6) is 0 Å². The molecule has 0 saturated heterocycles. The van der Waals surface area contributed by atoms with Crippen molar-refractivity contribution in [3.63, 3.8) is 0 Å². The highest BCUT2D eigenvalue weighted by Crippen LogP contribution is 2.07. The summed E-state index contributed by atoms with van der Waals surface area (Å²) in [5.41, 5.74) is 0. The summed E-state index contributed by atoms with van der Waals surface area (Å²) in [4.78, 5) is 11.8. The number of rotatable bonds is 4. The van der Waals surface area contributed by atoms with Crippen LogP contribution in [0.1, 0.15) is 26.7 Å². The Morgan fingerprint density at radius 2 is 2.00 bits per heavy atom. The second-order valence-corrected chi connectivity index (χ2v) is 2.89. The molecule has 1 unspecified atom stereocenters. The average Bonchev–Trinajstić information content (AvgIpc) is 2.02. The maximum atomic E-state index is 11.9. The lowest BCUT2D eigenvalue weighted by atomic mass is 10.2. The third kappa shape index (κ3) is 3.15. The Morgan fingerprint density at radius 1 is 1.50 bits per heavy atom. The molecule has 0 spiro atoms. The molecule has 0 aliphatic carbocycles. The van der Waals surface area contributed by atoms with Gasteiger partial charge in [-0.3, -0.25) is 4.79 Å². The molecule has 12 heavy (non-hydrogen) atoms. The number of amides is 1. The average molecular weight is 179 g/mol. The molecule has 1 amide bonds. The molecule has 0 heterocycles. The van der Waals surface area contributed by atoms with Crippen molar-refractivity contribution in [2.75, 3.05) is 7.05 Å². The maximum absolute atomic E-state index is 11.9. The summed E-state index contributed by atoms with van der Waals surface area (Å²) in [7, 11) is 1.41. The normalized spacial score (nSPS) is 13.2. The Kier molecular flexibility index (Phi) is 4.78. The van der Waals surface area contributed by atoms with Crippen molar-refractivity contribution in [1.29, 1.82) is 0 Å². The van der Waals surface area contributed by atoms with Crippen LogP contribution < -0.4 is 0 Å². The minimum Gasteiger partial charge on any atom is -0.338 e. The van der Waals surface area contributed by atoms with Crippen molar-refractivity contribution >= 4 is 5.91 Å². The molecule has 0 bridgehead atoms. The van der Waals surface area contributed by atoms with Crippen molar-refractivity contribution < 1.29 is 13.6 Å². The molecule has 0 aliphatic heterocycles. The van der Waals surface area contributed by atoms with Gasteiger partial charge < -0.3 is 4.90 Å². The summed E-state index contributed by atoms with van der Waals surface area (Å²) < 4.78 is 23.8. The summed E-state index contributed by atoms with van der Waals surface area (Å²) in [5.74, 6) is -1.09. The van der Waals surface area contributed by atoms with Crippen LogP contribution in [-0.2, 0) is 4.79 Å². The fourth-order valence-corrected chi connectivity index (χ4v) is 0.983. The molecule has 0 aromatic rings. The number of carbonyl (C=O) groups excluding carboxylic acids is 1. The third-order valence-corrected chi connectivity index (χ3v) is 1.90. The lowest BCUT2D eigenvalue weighted by Gasteiger charge is -2.23. The molecule has 2 nitrogen and oxygen atoms in total. The van der Waals surface area contributed by atoms with Crippen LogP contribution in [0.2, 0.25) is 0 Å². The first kappa shape index (κ1) is 11.3. The van der Waals surface area contributed by atoms with Gasteiger partial charge in [0.15, 0.2) is 0 Å². The van der Waals surface area contributed by atoms with E-state index in [0.29, 0.717) is 0 Å². The predicted molar refractivity (Wildman–Crippen MR) is 43.1 cm³/mol. The van der Waals surface area contributed by atoms with E-state index < -0.39 is 12.3 Å². The van der Waals surface area contributed by atoms with E-state index >= 15 is 0 Å². The predicted octanol–water partition coefficient (Wildman–Crippen LogP) is 1.90. The standard InChI is InChI=1S/C8H15F2NO/c1-4-5-6(2)11(3)8(12)7(9)10/h6-7H,4-5H2,1-3H3. The largest absolute Gasteiger partial charge is 0.338 e. The van der Waals surface area contributed by atoms with Crippen LogP contribution in [0, 0.1) is 0 Å². The van der Waals surface area contributed by atoms with E-state index in [2.05, 4.69) is 0 Å². The summed E-state index contributed by atoms with van der Waals surface area (Å²) in [5, 5.41) is 0. The SMILES string of the molecule is CCCC(C)N(C)C(=O)C(F)F. The molecule has 4 heteroatoms. The number of hydrogen-bond acceptors (Lipinski definition) is 1. The van der Waals surface area contributed by atoms with Gasteiger partial charge in [-0.15, -0.1) is 0 Å². The number of carbonyl (C=O) groups is 1. The second kappa shape index (κ2) is 5.06. The molecule has 0 aliphatic rings. The van der Waals surface area contributed by atoms with Gasteiger partial charge in [-0.1, -0.05) is 13.3 Å². The first-order valence-electron chi connectivity index (χ1n) is 4.05. The van der Waals surface area contributed by atoms with Crippen molar-refractivity contribution in [3.8, 4) is 0 Å². The van der Waals surface area contributed by atoms with E-state index in [9.17, 15) is 13.6 Å². The summed E-state index contributed by atoms with van der Waals surface area (Å²) in [6, 6.07) is -0.100. The highest BCUT2D eigenvalue weighted by molar-refractivity contribution is 5.79.